The van der Waals surface area contributed by atoms with Crippen molar-refractivity contribution in [2.45, 2.75) is 17.9 Å². The van der Waals surface area contributed by atoms with Crippen molar-refractivity contribution < 1.29 is 13.2 Å². The summed E-state index contributed by atoms with van der Waals surface area (Å²) < 4.78 is 25.5. The molecular formula is C15H22ClN3O3S. The summed E-state index contributed by atoms with van der Waals surface area (Å²) in [5, 5.41) is 3.24. The third-order valence-corrected chi connectivity index (χ3v) is 5.09. The van der Waals surface area contributed by atoms with E-state index in [2.05, 4.69) is 10.0 Å². The molecule has 1 aromatic carbocycles. The van der Waals surface area contributed by atoms with Gasteiger partial charge in [0.15, 0.2) is 0 Å². The number of piperazine rings is 1. The average Bonchev–Trinajstić information content (AvgIpc) is 2.53. The van der Waals surface area contributed by atoms with Crippen LogP contribution in [0.5, 0.6) is 0 Å². The molecule has 2 N–H and O–H groups in total. The van der Waals surface area contributed by atoms with Crippen LogP contribution in [0.4, 0.5) is 0 Å². The van der Waals surface area contributed by atoms with E-state index in [1.54, 1.807) is 18.2 Å². The van der Waals surface area contributed by atoms with Crippen molar-refractivity contribution in [3.8, 4) is 0 Å². The zero-order valence-electron chi connectivity index (χ0n) is 13.2. The van der Waals surface area contributed by atoms with Crippen LogP contribution < -0.4 is 10.0 Å². The van der Waals surface area contributed by atoms with Crippen molar-refractivity contribution >= 4 is 34.4 Å². The lowest BCUT2D eigenvalue weighted by atomic mass is 10.2. The average molecular weight is 360 g/mol. The minimum Gasteiger partial charge on any atom is -0.334 e. The smallest absolute Gasteiger partial charge is 0.246 e. The Morgan fingerprint density at radius 1 is 1.35 bits per heavy atom. The van der Waals surface area contributed by atoms with E-state index in [4.69, 9.17) is 0 Å². The number of hydrogen-bond acceptors (Lipinski definition) is 4. The van der Waals surface area contributed by atoms with Gasteiger partial charge in [-0.05, 0) is 37.7 Å². The lowest BCUT2D eigenvalue weighted by Gasteiger charge is -2.33. The summed E-state index contributed by atoms with van der Waals surface area (Å²) in [4.78, 5) is 14.2. The maximum absolute atomic E-state index is 12.2. The standard InChI is InChI=1S/C15H21N3O3S.ClH/c1-12-11-17-9-10-18(12)15(19)8-5-13-3-6-14(7-4-13)22(20,21)16-2;/h3-8,12,16-17H,9-11H2,1-2H3;1H/b8-5+;. The molecule has 0 aromatic heterocycles. The molecule has 8 heteroatoms. The molecule has 1 aromatic rings. The highest BCUT2D eigenvalue weighted by molar-refractivity contribution is 7.89. The number of amides is 1. The molecule has 128 valence electrons. The Labute approximate surface area is 143 Å². The van der Waals surface area contributed by atoms with Crippen LogP contribution in [0.2, 0.25) is 0 Å². The van der Waals surface area contributed by atoms with Gasteiger partial charge in [-0.3, -0.25) is 4.79 Å². The SMILES string of the molecule is CNS(=O)(=O)c1ccc(/C=C/C(=O)N2CCNCC2C)cc1.Cl. The van der Waals surface area contributed by atoms with Crippen LogP contribution in [0.15, 0.2) is 35.2 Å². The lowest BCUT2D eigenvalue weighted by Crippen LogP contribution is -2.51. The van der Waals surface area contributed by atoms with Crippen molar-refractivity contribution in [1.82, 2.24) is 14.9 Å². The predicted octanol–water partition coefficient (Wildman–Crippen LogP) is 0.850. The minimum atomic E-state index is -3.43. The molecule has 0 spiro atoms. The van der Waals surface area contributed by atoms with Crippen molar-refractivity contribution in [1.29, 1.82) is 0 Å². The summed E-state index contributed by atoms with van der Waals surface area (Å²) in [6.07, 6.45) is 3.23. The molecule has 1 heterocycles. The Morgan fingerprint density at radius 3 is 2.57 bits per heavy atom. The van der Waals surface area contributed by atoms with Gasteiger partial charge in [0.05, 0.1) is 4.90 Å². The van der Waals surface area contributed by atoms with Gasteiger partial charge in [0.2, 0.25) is 15.9 Å². The second kappa shape index (κ2) is 8.44. The first kappa shape index (κ1) is 19.6. The highest BCUT2D eigenvalue weighted by atomic mass is 35.5. The number of carbonyl (C=O) groups excluding carboxylic acids is 1. The maximum atomic E-state index is 12.2. The van der Waals surface area contributed by atoms with E-state index in [-0.39, 0.29) is 29.3 Å². The molecule has 1 fully saturated rings. The normalized spacial score (nSPS) is 18.7. The molecule has 0 saturated carbocycles. The first-order valence-electron chi connectivity index (χ1n) is 7.17. The van der Waals surface area contributed by atoms with E-state index >= 15 is 0 Å². The summed E-state index contributed by atoms with van der Waals surface area (Å²) in [5.74, 6) is -0.0269. The molecule has 23 heavy (non-hydrogen) atoms. The van der Waals surface area contributed by atoms with Crippen molar-refractivity contribution in [2.75, 3.05) is 26.7 Å². The van der Waals surface area contributed by atoms with Crippen molar-refractivity contribution in [2.24, 2.45) is 0 Å². The van der Waals surface area contributed by atoms with Crippen LogP contribution in [0.1, 0.15) is 12.5 Å². The fraction of sp³-hybridized carbons (Fsp3) is 0.400. The number of nitrogens with one attached hydrogen (secondary N) is 2. The van der Waals surface area contributed by atoms with Gasteiger partial charge in [-0.15, -0.1) is 12.4 Å². The molecule has 1 atom stereocenters. The third-order valence-electron chi connectivity index (χ3n) is 3.66. The van der Waals surface area contributed by atoms with Crippen LogP contribution >= 0.6 is 12.4 Å². The Hall–Kier alpha value is -1.41. The van der Waals surface area contributed by atoms with E-state index < -0.39 is 10.0 Å². The van der Waals surface area contributed by atoms with Crippen LogP contribution in [0, 0.1) is 0 Å². The second-order valence-electron chi connectivity index (χ2n) is 5.19. The van der Waals surface area contributed by atoms with Gasteiger partial charge in [0.25, 0.3) is 0 Å². The highest BCUT2D eigenvalue weighted by Gasteiger charge is 2.20. The highest BCUT2D eigenvalue weighted by Crippen LogP contribution is 2.12. The number of sulfonamides is 1. The molecule has 0 radical (unpaired) electrons. The van der Waals surface area contributed by atoms with Crippen molar-refractivity contribution in [3.05, 3.63) is 35.9 Å². The van der Waals surface area contributed by atoms with Gasteiger partial charge in [0.1, 0.15) is 0 Å². The number of hydrogen-bond donors (Lipinski definition) is 2. The summed E-state index contributed by atoms with van der Waals surface area (Å²) >= 11 is 0. The summed E-state index contributed by atoms with van der Waals surface area (Å²) in [6.45, 7) is 4.32. The van der Waals surface area contributed by atoms with E-state index in [1.807, 2.05) is 11.8 Å². The van der Waals surface area contributed by atoms with Crippen LogP contribution in [-0.2, 0) is 14.8 Å². The fourth-order valence-corrected chi connectivity index (χ4v) is 3.04. The second-order valence-corrected chi connectivity index (χ2v) is 7.08. The number of benzene rings is 1. The van der Waals surface area contributed by atoms with Crippen LogP contribution in [-0.4, -0.2) is 51.9 Å². The van der Waals surface area contributed by atoms with E-state index in [0.29, 0.717) is 6.54 Å². The molecule has 1 saturated heterocycles. The molecule has 0 aliphatic carbocycles. The van der Waals surface area contributed by atoms with Gasteiger partial charge >= 0.3 is 0 Å². The first-order chi connectivity index (χ1) is 10.4. The molecule has 1 amide bonds. The first-order valence-corrected chi connectivity index (χ1v) is 8.65. The predicted molar refractivity (Wildman–Crippen MR) is 93.0 cm³/mol. The van der Waals surface area contributed by atoms with E-state index in [9.17, 15) is 13.2 Å². The number of nitrogens with zero attached hydrogens (tertiary/aromatic N) is 1. The zero-order chi connectivity index (χ0) is 16.2. The fourth-order valence-electron chi connectivity index (χ4n) is 2.31. The molecule has 6 nitrogen and oxygen atoms in total. The summed E-state index contributed by atoms with van der Waals surface area (Å²) in [7, 11) is -2.06. The van der Waals surface area contributed by atoms with Gasteiger partial charge in [0, 0.05) is 31.8 Å². The maximum Gasteiger partial charge on any atom is 0.246 e. The molecule has 1 unspecified atom stereocenters. The van der Waals surface area contributed by atoms with Crippen molar-refractivity contribution in [3.63, 3.8) is 0 Å². The number of carbonyl (C=O) groups is 1. The zero-order valence-corrected chi connectivity index (χ0v) is 14.8. The van der Waals surface area contributed by atoms with Gasteiger partial charge in [-0.2, -0.15) is 0 Å². The summed E-state index contributed by atoms with van der Waals surface area (Å²) in [5.41, 5.74) is 0.784. The Kier molecular flexibility index (Phi) is 7.21. The Morgan fingerprint density at radius 2 is 2.00 bits per heavy atom. The molecular weight excluding hydrogens is 338 g/mol. The monoisotopic (exact) mass is 359 g/mol. The molecule has 1 aliphatic heterocycles. The largest absolute Gasteiger partial charge is 0.334 e. The number of halogens is 1. The van der Waals surface area contributed by atoms with Gasteiger partial charge < -0.3 is 10.2 Å². The molecule has 1 aliphatic rings. The molecule has 2 rings (SSSR count). The summed E-state index contributed by atoms with van der Waals surface area (Å²) in [6, 6.07) is 6.56. The van der Waals surface area contributed by atoms with E-state index in [1.165, 1.54) is 25.3 Å². The van der Waals surface area contributed by atoms with Crippen LogP contribution in [0.25, 0.3) is 6.08 Å². The van der Waals surface area contributed by atoms with Gasteiger partial charge in [-0.1, -0.05) is 12.1 Å². The minimum absolute atomic E-state index is 0. The van der Waals surface area contributed by atoms with E-state index in [0.717, 1.165) is 18.7 Å². The molecule has 0 bridgehead atoms. The quantitative estimate of drug-likeness (QED) is 0.781. The van der Waals surface area contributed by atoms with Gasteiger partial charge in [-0.25, -0.2) is 13.1 Å². The number of rotatable bonds is 4. The third kappa shape index (κ3) is 5.04. The lowest BCUT2D eigenvalue weighted by molar-refractivity contribution is -0.128. The van der Waals surface area contributed by atoms with Crippen LogP contribution in [0.3, 0.4) is 0 Å². The Bertz CT molecular complexity index is 659. The topological polar surface area (TPSA) is 78.5 Å². The Balaban J connectivity index is 0.00000264.